The molecule has 44 heavy (non-hydrogen) atoms. The highest BCUT2D eigenvalue weighted by molar-refractivity contribution is 6.30. The highest BCUT2D eigenvalue weighted by atomic mass is 35.5. The van der Waals surface area contributed by atoms with E-state index in [1.165, 1.54) is 51.1 Å². The molecule has 0 saturated heterocycles. The van der Waals surface area contributed by atoms with Crippen LogP contribution in [0.3, 0.4) is 0 Å². The predicted molar refractivity (Wildman–Crippen MR) is 197 cm³/mol. The van der Waals surface area contributed by atoms with E-state index in [1.807, 2.05) is 52.0 Å². The Bertz CT molecular complexity index is 1330. The molecule has 0 fully saturated rings. The third kappa shape index (κ3) is 13.3. The lowest BCUT2D eigenvalue weighted by atomic mass is 9.97. The smallest absolute Gasteiger partial charge is 0.123 e. The van der Waals surface area contributed by atoms with Crippen molar-refractivity contribution < 1.29 is 4.39 Å². The summed E-state index contributed by atoms with van der Waals surface area (Å²) in [4.78, 5) is 5.04. The summed E-state index contributed by atoms with van der Waals surface area (Å²) >= 11 is 5.89. The largest absolute Gasteiger partial charge is 0.252 e. The van der Waals surface area contributed by atoms with E-state index in [4.69, 9.17) is 16.6 Å². The molecule has 2 aromatic carbocycles. The van der Waals surface area contributed by atoms with E-state index in [0.717, 1.165) is 60.5 Å². The zero-order valence-electron chi connectivity index (χ0n) is 28.5. The first-order valence-corrected chi connectivity index (χ1v) is 16.5. The van der Waals surface area contributed by atoms with Crippen molar-refractivity contribution in [2.24, 2.45) is 0 Å². The Morgan fingerprint density at radius 3 is 2.18 bits per heavy atom. The number of hydrogen-bond acceptors (Lipinski definition) is 1. The maximum absolute atomic E-state index is 13.4. The topological polar surface area (TPSA) is 12.9 Å². The molecule has 4 rings (SSSR count). The van der Waals surface area contributed by atoms with Gasteiger partial charge in [0.15, 0.2) is 0 Å². The Morgan fingerprint density at radius 1 is 1.00 bits per heavy atom. The van der Waals surface area contributed by atoms with Crippen LogP contribution in [0.2, 0.25) is 5.02 Å². The summed E-state index contributed by atoms with van der Waals surface area (Å²) in [6.45, 7) is 24.8. The molecule has 1 nitrogen and oxygen atoms in total. The van der Waals surface area contributed by atoms with E-state index in [1.54, 1.807) is 0 Å². The van der Waals surface area contributed by atoms with Crippen molar-refractivity contribution >= 4 is 17.7 Å². The summed E-state index contributed by atoms with van der Waals surface area (Å²) in [7, 11) is 0. The van der Waals surface area contributed by atoms with Crippen LogP contribution in [0.4, 0.5) is 4.39 Å². The maximum atomic E-state index is 13.4. The minimum absolute atomic E-state index is 0. The molecule has 0 amide bonds. The molecular weight excluding hydrogens is 561 g/mol. The summed E-state index contributed by atoms with van der Waals surface area (Å²) in [5.74, 6) is 0.351. The van der Waals surface area contributed by atoms with Gasteiger partial charge in [-0.3, -0.25) is 4.98 Å². The van der Waals surface area contributed by atoms with Gasteiger partial charge in [-0.2, -0.15) is 0 Å². The number of pyridine rings is 1. The minimum Gasteiger partial charge on any atom is -0.252 e. The van der Waals surface area contributed by atoms with Crippen molar-refractivity contribution in [2.75, 3.05) is 0 Å². The number of hydrogen-bond donors (Lipinski definition) is 0. The van der Waals surface area contributed by atoms with Gasteiger partial charge in [-0.1, -0.05) is 90.8 Å². The first-order valence-electron chi connectivity index (χ1n) is 16.1. The highest BCUT2D eigenvalue weighted by Crippen LogP contribution is 2.33. The van der Waals surface area contributed by atoms with Crippen LogP contribution >= 0.6 is 11.6 Å². The van der Waals surface area contributed by atoms with Gasteiger partial charge in [-0.25, -0.2) is 4.39 Å². The monoisotopic (exact) mass is 619 g/mol. The zero-order valence-corrected chi connectivity index (χ0v) is 29.3. The fraction of sp³-hybridized carbons (Fsp3) is 0.439. The number of halogens is 2. The second-order valence-corrected chi connectivity index (χ2v) is 11.5. The van der Waals surface area contributed by atoms with Crippen LogP contribution in [0.15, 0.2) is 77.9 Å². The van der Waals surface area contributed by atoms with Gasteiger partial charge in [-0.05, 0) is 135 Å². The number of unbranched alkanes of at least 4 members (excludes halogenated alkanes) is 1. The van der Waals surface area contributed by atoms with Crippen LogP contribution in [0.25, 0.3) is 17.3 Å². The quantitative estimate of drug-likeness (QED) is 0.171. The second kappa shape index (κ2) is 21.7. The first-order chi connectivity index (χ1) is 20.6. The lowest BCUT2D eigenvalue weighted by Crippen LogP contribution is -2.00. The standard InChI is InChI=1S/C26H30FN.C10H13Cl.2C2H6.CH4/c1-5-8-19(4)22-16-23-15-21(10-7-6-9-18(2)3)26(28-25(23)17-22)20-11-13-24(27)14-12-20;1-7(2)9-4-8(3)5-10(11)6-9;2*1-2;/h8,11-16H,2,5-7,9-10,17H2,1,3-4H3;4-7H,1-3H3;2*1-2H3;1H4/b19-8+;;;;. The van der Waals surface area contributed by atoms with Crippen LogP contribution < -0.4 is 0 Å². The molecule has 1 heterocycles. The summed E-state index contributed by atoms with van der Waals surface area (Å²) < 4.78 is 13.4. The van der Waals surface area contributed by atoms with E-state index < -0.39 is 0 Å². The van der Waals surface area contributed by atoms with E-state index in [0.29, 0.717) is 5.92 Å². The molecule has 0 aliphatic heterocycles. The molecule has 1 aliphatic rings. The molecule has 0 radical (unpaired) electrons. The maximum Gasteiger partial charge on any atom is 0.123 e. The second-order valence-electron chi connectivity index (χ2n) is 11.1. The number of fused-ring (bicyclic) bond motifs is 1. The molecular formula is C41H59ClFN. The lowest BCUT2D eigenvalue weighted by Gasteiger charge is -2.12. The molecule has 0 N–H and O–H groups in total. The molecule has 1 aromatic heterocycles. The Hall–Kier alpha value is -2.97. The van der Waals surface area contributed by atoms with Crippen molar-refractivity contribution in [2.45, 2.75) is 121 Å². The number of nitrogens with zero attached hydrogens (tertiary/aromatic N) is 1. The number of benzene rings is 2. The van der Waals surface area contributed by atoms with E-state index in [-0.39, 0.29) is 13.2 Å². The molecule has 242 valence electrons. The fourth-order valence-electron chi connectivity index (χ4n) is 4.88. The van der Waals surface area contributed by atoms with Crippen molar-refractivity contribution in [1.82, 2.24) is 4.98 Å². The van der Waals surface area contributed by atoms with Crippen LogP contribution in [0, 0.1) is 12.7 Å². The summed E-state index contributed by atoms with van der Waals surface area (Å²) in [5.41, 5.74) is 12.1. The molecule has 0 saturated carbocycles. The minimum atomic E-state index is -0.211. The van der Waals surface area contributed by atoms with Gasteiger partial charge >= 0.3 is 0 Å². The molecule has 0 spiro atoms. The number of allylic oxidation sites excluding steroid dienone is 4. The number of aromatic nitrogens is 1. The predicted octanol–water partition coefficient (Wildman–Crippen LogP) is 13.9. The van der Waals surface area contributed by atoms with Gasteiger partial charge in [-0.15, -0.1) is 6.58 Å². The third-order valence-electron chi connectivity index (χ3n) is 7.07. The van der Waals surface area contributed by atoms with Crippen molar-refractivity contribution in [1.29, 1.82) is 0 Å². The fourth-order valence-corrected chi connectivity index (χ4v) is 5.17. The lowest BCUT2D eigenvalue weighted by molar-refractivity contribution is 0.628. The highest BCUT2D eigenvalue weighted by Gasteiger charge is 2.19. The Kier molecular flexibility index (Phi) is 20.2. The third-order valence-corrected chi connectivity index (χ3v) is 7.28. The van der Waals surface area contributed by atoms with Crippen LogP contribution in [-0.2, 0) is 12.8 Å². The van der Waals surface area contributed by atoms with Crippen molar-refractivity contribution in [3.8, 4) is 11.3 Å². The number of aryl methyl sites for hydroxylation is 2. The van der Waals surface area contributed by atoms with Gasteiger partial charge in [0.1, 0.15) is 5.82 Å². The van der Waals surface area contributed by atoms with Crippen LogP contribution in [0.5, 0.6) is 0 Å². The van der Waals surface area contributed by atoms with Crippen molar-refractivity contribution in [3.63, 3.8) is 0 Å². The van der Waals surface area contributed by atoms with Gasteiger partial charge in [0, 0.05) is 17.0 Å². The molecule has 0 atom stereocenters. The average molecular weight is 620 g/mol. The molecule has 3 aromatic rings. The Morgan fingerprint density at radius 2 is 1.64 bits per heavy atom. The van der Waals surface area contributed by atoms with E-state index in [9.17, 15) is 4.39 Å². The first kappa shape index (κ1) is 41.0. The molecule has 3 heteroatoms. The van der Waals surface area contributed by atoms with Gasteiger partial charge in [0.05, 0.1) is 11.4 Å². The van der Waals surface area contributed by atoms with Gasteiger partial charge in [0.25, 0.3) is 0 Å². The number of rotatable bonds is 9. The Balaban J connectivity index is 0.000000970. The molecule has 1 aliphatic carbocycles. The van der Waals surface area contributed by atoms with Crippen LogP contribution in [-0.4, -0.2) is 4.98 Å². The Labute approximate surface area is 275 Å². The normalized spacial score (nSPS) is 11.5. The average Bonchev–Trinajstić information content (AvgIpc) is 3.41. The summed E-state index contributed by atoms with van der Waals surface area (Å²) in [6, 6.07) is 15.2. The SMILES string of the molecule is C.C=C(C)CCCCc1cc2c(nc1-c1ccc(F)cc1)CC(/C(C)=C/CC)=C2.CC.CC.Cc1cc(Cl)cc(C(C)C)c1. The van der Waals surface area contributed by atoms with E-state index in [2.05, 4.69) is 72.4 Å². The van der Waals surface area contributed by atoms with Gasteiger partial charge in [0.2, 0.25) is 0 Å². The zero-order chi connectivity index (χ0) is 32.5. The van der Waals surface area contributed by atoms with Crippen molar-refractivity contribution in [3.05, 3.63) is 117 Å². The van der Waals surface area contributed by atoms with E-state index >= 15 is 0 Å². The molecule has 0 bridgehead atoms. The van der Waals surface area contributed by atoms with Crippen LogP contribution in [0.1, 0.15) is 129 Å². The molecule has 0 unspecified atom stereocenters. The summed E-state index contributed by atoms with van der Waals surface area (Å²) in [6.07, 6.45) is 10.8. The summed E-state index contributed by atoms with van der Waals surface area (Å²) in [5, 5.41) is 0.841. The van der Waals surface area contributed by atoms with Gasteiger partial charge < -0.3 is 0 Å².